The third kappa shape index (κ3) is 3.59. The van der Waals surface area contributed by atoms with Crippen LogP contribution >= 0.6 is 0 Å². The number of anilines is 3. The maximum Gasteiger partial charge on any atom is 0.224 e. The van der Waals surface area contributed by atoms with Crippen molar-refractivity contribution in [1.82, 2.24) is 0 Å². The number of nitriles is 1. The molecule has 0 heterocycles. The van der Waals surface area contributed by atoms with Crippen molar-refractivity contribution in [3.63, 3.8) is 0 Å². The highest BCUT2D eigenvalue weighted by atomic mass is 16.1. The van der Waals surface area contributed by atoms with Crippen molar-refractivity contribution in [3.8, 4) is 6.07 Å². The second-order valence-corrected chi connectivity index (χ2v) is 4.29. The van der Waals surface area contributed by atoms with Gasteiger partial charge in [0.15, 0.2) is 0 Å². The third-order valence-electron chi connectivity index (χ3n) is 2.79. The van der Waals surface area contributed by atoms with E-state index in [-0.39, 0.29) is 5.91 Å². The molecule has 0 radical (unpaired) electrons. The Morgan fingerprint density at radius 3 is 2.00 bits per heavy atom. The van der Waals surface area contributed by atoms with Crippen LogP contribution in [0.3, 0.4) is 0 Å². The number of nitrogens with zero attached hydrogens (tertiary/aromatic N) is 1. The van der Waals surface area contributed by atoms with Crippen molar-refractivity contribution in [2.45, 2.75) is 13.3 Å². The molecular formula is C16H15N3O. The number of carbonyl (C=O) groups excluding carboxylic acids is 1. The van der Waals surface area contributed by atoms with E-state index in [9.17, 15) is 4.79 Å². The largest absolute Gasteiger partial charge is 0.356 e. The first-order chi connectivity index (χ1) is 9.71. The number of benzene rings is 2. The molecule has 0 unspecified atom stereocenters. The molecule has 0 aliphatic carbocycles. The maximum absolute atomic E-state index is 11.3. The minimum atomic E-state index is -0.00204. The van der Waals surface area contributed by atoms with E-state index in [4.69, 9.17) is 5.26 Å². The highest BCUT2D eigenvalue weighted by Crippen LogP contribution is 2.19. The molecule has 20 heavy (non-hydrogen) atoms. The molecule has 0 fully saturated rings. The fourth-order valence-corrected chi connectivity index (χ4v) is 1.68. The van der Waals surface area contributed by atoms with Gasteiger partial charge in [-0.25, -0.2) is 0 Å². The van der Waals surface area contributed by atoms with Crippen LogP contribution in [0.25, 0.3) is 0 Å². The number of amides is 1. The van der Waals surface area contributed by atoms with Gasteiger partial charge in [0.05, 0.1) is 11.6 Å². The van der Waals surface area contributed by atoms with Crippen LogP contribution in [0, 0.1) is 11.3 Å². The van der Waals surface area contributed by atoms with Gasteiger partial charge in [-0.1, -0.05) is 6.92 Å². The van der Waals surface area contributed by atoms with Crippen molar-refractivity contribution in [2.24, 2.45) is 0 Å². The van der Waals surface area contributed by atoms with E-state index in [2.05, 4.69) is 16.7 Å². The Hall–Kier alpha value is -2.80. The highest BCUT2D eigenvalue weighted by molar-refractivity contribution is 5.90. The Balaban J connectivity index is 2.03. The molecule has 4 heteroatoms. The first kappa shape index (κ1) is 13.6. The lowest BCUT2D eigenvalue weighted by Gasteiger charge is -2.08. The van der Waals surface area contributed by atoms with Gasteiger partial charge >= 0.3 is 0 Å². The van der Waals surface area contributed by atoms with Gasteiger partial charge in [-0.05, 0) is 48.5 Å². The number of hydrogen-bond acceptors (Lipinski definition) is 3. The Bertz CT molecular complexity index is 624. The average molecular weight is 265 g/mol. The zero-order valence-corrected chi connectivity index (χ0v) is 11.2. The summed E-state index contributed by atoms with van der Waals surface area (Å²) < 4.78 is 0. The molecule has 2 rings (SSSR count). The Kier molecular flexibility index (Phi) is 4.35. The van der Waals surface area contributed by atoms with Crippen LogP contribution in [-0.4, -0.2) is 5.91 Å². The van der Waals surface area contributed by atoms with E-state index in [1.165, 1.54) is 0 Å². The van der Waals surface area contributed by atoms with Gasteiger partial charge in [0.2, 0.25) is 5.91 Å². The second-order valence-electron chi connectivity index (χ2n) is 4.29. The highest BCUT2D eigenvalue weighted by Gasteiger charge is 1.99. The predicted molar refractivity (Wildman–Crippen MR) is 79.8 cm³/mol. The van der Waals surface area contributed by atoms with Gasteiger partial charge in [0, 0.05) is 23.5 Å². The molecule has 2 aromatic carbocycles. The van der Waals surface area contributed by atoms with Crippen LogP contribution in [0.1, 0.15) is 18.9 Å². The van der Waals surface area contributed by atoms with Crippen LogP contribution in [0.15, 0.2) is 48.5 Å². The summed E-state index contributed by atoms with van der Waals surface area (Å²) in [6, 6.07) is 16.8. The number of hydrogen-bond donors (Lipinski definition) is 2. The summed E-state index contributed by atoms with van der Waals surface area (Å²) in [5, 5.41) is 14.8. The minimum absolute atomic E-state index is 0.00204. The molecule has 0 spiro atoms. The van der Waals surface area contributed by atoms with Crippen LogP contribution < -0.4 is 10.6 Å². The van der Waals surface area contributed by atoms with Crippen LogP contribution in [0.2, 0.25) is 0 Å². The summed E-state index contributed by atoms with van der Waals surface area (Å²) in [5.74, 6) is -0.00204. The first-order valence-electron chi connectivity index (χ1n) is 6.38. The molecule has 0 bridgehead atoms. The minimum Gasteiger partial charge on any atom is -0.356 e. The first-order valence-corrected chi connectivity index (χ1v) is 6.38. The number of carbonyl (C=O) groups is 1. The van der Waals surface area contributed by atoms with Crippen LogP contribution in [-0.2, 0) is 4.79 Å². The molecular weight excluding hydrogens is 250 g/mol. The van der Waals surface area contributed by atoms with Crippen molar-refractivity contribution < 1.29 is 4.79 Å². The normalized spacial score (nSPS) is 9.60. The molecule has 2 aromatic rings. The second kappa shape index (κ2) is 6.39. The van der Waals surface area contributed by atoms with E-state index in [1.54, 1.807) is 12.1 Å². The molecule has 2 N–H and O–H groups in total. The summed E-state index contributed by atoms with van der Waals surface area (Å²) in [4.78, 5) is 11.3. The maximum atomic E-state index is 11.3. The smallest absolute Gasteiger partial charge is 0.224 e. The van der Waals surface area contributed by atoms with Gasteiger partial charge in [0.1, 0.15) is 0 Å². The van der Waals surface area contributed by atoms with Gasteiger partial charge in [-0.2, -0.15) is 5.26 Å². The summed E-state index contributed by atoms with van der Waals surface area (Å²) in [5.41, 5.74) is 3.24. The SMILES string of the molecule is CCC(=O)Nc1ccc(Nc2ccc(C#N)cc2)cc1. The molecule has 0 aliphatic heterocycles. The molecule has 100 valence electrons. The number of rotatable bonds is 4. The molecule has 0 atom stereocenters. The predicted octanol–water partition coefficient (Wildman–Crippen LogP) is 3.65. The van der Waals surface area contributed by atoms with E-state index in [0.29, 0.717) is 12.0 Å². The standard InChI is InChI=1S/C16H15N3O/c1-2-16(20)19-15-9-7-14(8-10-15)18-13-5-3-12(11-17)4-6-13/h3-10,18H,2H2,1H3,(H,19,20). The summed E-state index contributed by atoms with van der Waals surface area (Å²) >= 11 is 0. The van der Waals surface area contributed by atoms with Gasteiger partial charge < -0.3 is 10.6 Å². The molecule has 0 aliphatic rings. The summed E-state index contributed by atoms with van der Waals surface area (Å²) in [6.07, 6.45) is 0.464. The fraction of sp³-hybridized carbons (Fsp3) is 0.125. The van der Waals surface area contributed by atoms with Crippen molar-refractivity contribution >= 4 is 23.0 Å². The van der Waals surface area contributed by atoms with Gasteiger partial charge in [0.25, 0.3) is 0 Å². The topological polar surface area (TPSA) is 64.9 Å². The Morgan fingerprint density at radius 1 is 1.00 bits per heavy atom. The lowest BCUT2D eigenvalue weighted by atomic mass is 10.2. The molecule has 1 amide bonds. The molecule has 0 saturated heterocycles. The lowest BCUT2D eigenvalue weighted by Crippen LogP contribution is -2.09. The summed E-state index contributed by atoms with van der Waals surface area (Å²) in [7, 11) is 0. The molecule has 0 aromatic heterocycles. The quantitative estimate of drug-likeness (QED) is 0.886. The molecule has 4 nitrogen and oxygen atoms in total. The van der Waals surface area contributed by atoms with Gasteiger partial charge in [-0.3, -0.25) is 4.79 Å². The van der Waals surface area contributed by atoms with E-state index in [1.807, 2.05) is 43.3 Å². The monoisotopic (exact) mass is 265 g/mol. The van der Waals surface area contributed by atoms with Crippen molar-refractivity contribution in [1.29, 1.82) is 5.26 Å². The van der Waals surface area contributed by atoms with E-state index >= 15 is 0 Å². The zero-order chi connectivity index (χ0) is 14.4. The van der Waals surface area contributed by atoms with Crippen LogP contribution in [0.5, 0.6) is 0 Å². The average Bonchev–Trinajstić information content (AvgIpc) is 2.50. The fourth-order valence-electron chi connectivity index (χ4n) is 1.68. The number of nitrogens with one attached hydrogen (secondary N) is 2. The van der Waals surface area contributed by atoms with Crippen LogP contribution in [0.4, 0.5) is 17.1 Å². The Morgan fingerprint density at radius 2 is 1.50 bits per heavy atom. The molecule has 0 saturated carbocycles. The zero-order valence-electron chi connectivity index (χ0n) is 11.2. The van der Waals surface area contributed by atoms with Gasteiger partial charge in [-0.15, -0.1) is 0 Å². The lowest BCUT2D eigenvalue weighted by molar-refractivity contribution is -0.115. The Labute approximate surface area is 118 Å². The van der Waals surface area contributed by atoms with Crippen molar-refractivity contribution in [3.05, 3.63) is 54.1 Å². The van der Waals surface area contributed by atoms with Crippen molar-refractivity contribution in [2.75, 3.05) is 10.6 Å². The van der Waals surface area contributed by atoms with E-state index < -0.39 is 0 Å². The van der Waals surface area contributed by atoms with E-state index in [0.717, 1.165) is 17.1 Å². The third-order valence-corrected chi connectivity index (χ3v) is 2.79. The summed E-state index contributed by atoms with van der Waals surface area (Å²) in [6.45, 7) is 1.82.